The molecule has 0 saturated carbocycles. The van der Waals surface area contributed by atoms with Crippen LogP contribution in [0.2, 0.25) is 13.1 Å². The van der Waals surface area contributed by atoms with E-state index in [0.717, 1.165) is 0 Å². The Morgan fingerprint density at radius 2 is 0.889 bits per heavy atom. The molecule has 2 atom stereocenters. The van der Waals surface area contributed by atoms with E-state index < -0.39 is 8.07 Å². The number of rotatable bonds is 2. The summed E-state index contributed by atoms with van der Waals surface area (Å²) >= 11 is 0. The van der Waals surface area contributed by atoms with E-state index >= 15 is 0 Å². The molecule has 2 aliphatic rings. The number of allylic oxidation sites excluding steroid dienone is 2. The topological polar surface area (TPSA) is 0 Å². The summed E-state index contributed by atoms with van der Waals surface area (Å²) in [4.78, 5) is 0. The summed E-state index contributed by atoms with van der Waals surface area (Å²) in [6.07, 6.45) is 4.96. The van der Waals surface area contributed by atoms with E-state index in [9.17, 15) is 0 Å². The molecule has 2 aromatic carbocycles. The molecule has 0 aromatic heterocycles. The second-order valence-electron chi connectivity index (χ2n) is 9.52. The van der Waals surface area contributed by atoms with Gasteiger partial charge in [0.15, 0.2) is 0 Å². The Labute approximate surface area is 166 Å². The molecule has 140 valence electrons. The molecule has 0 radical (unpaired) electrons. The number of hydrogen-bond donors (Lipinski definition) is 0. The van der Waals surface area contributed by atoms with Crippen LogP contribution in [0.4, 0.5) is 0 Å². The second kappa shape index (κ2) is 6.07. The van der Waals surface area contributed by atoms with Gasteiger partial charge in [0.2, 0.25) is 0 Å². The molecule has 0 amide bonds. The summed E-state index contributed by atoms with van der Waals surface area (Å²) in [6.45, 7) is 19.2. The van der Waals surface area contributed by atoms with Gasteiger partial charge in [0.05, 0.1) is 8.07 Å². The van der Waals surface area contributed by atoms with Crippen molar-refractivity contribution in [2.45, 2.75) is 65.7 Å². The largest absolute Gasteiger partial charge is 0.0722 e. The van der Waals surface area contributed by atoms with Crippen LogP contribution in [0, 0.1) is 27.7 Å². The van der Waals surface area contributed by atoms with Crippen molar-refractivity contribution >= 4 is 20.2 Å². The maximum Gasteiger partial charge on any atom is 0.0722 e. The first-order chi connectivity index (χ1) is 12.6. The van der Waals surface area contributed by atoms with Crippen LogP contribution < -0.4 is 0 Å². The fourth-order valence-corrected chi connectivity index (χ4v) is 11.1. The highest BCUT2D eigenvalue weighted by atomic mass is 28.3. The van der Waals surface area contributed by atoms with Crippen LogP contribution in [0.25, 0.3) is 12.2 Å². The van der Waals surface area contributed by atoms with Crippen molar-refractivity contribution in [3.8, 4) is 0 Å². The fraction of sp³-hybridized carbons (Fsp3) is 0.385. The summed E-state index contributed by atoms with van der Waals surface area (Å²) < 4.78 is 0. The quantitative estimate of drug-likeness (QED) is 0.481. The average Bonchev–Trinajstić information content (AvgIpc) is 3.14. The van der Waals surface area contributed by atoms with Gasteiger partial charge in [0.1, 0.15) is 0 Å². The van der Waals surface area contributed by atoms with Gasteiger partial charge in [-0.15, -0.1) is 0 Å². The highest BCUT2D eigenvalue weighted by Crippen LogP contribution is 2.54. The lowest BCUT2D eigenvalue weighted by molar-refractivity contribution is 0.952. The maximum atomic E-state index is 2.63. The van der Waals surface area contributed by atoms with E-state index in [4.69, 9.17) is 0 Å². The van der Waals surface area contributed by atoms with Gasteiger partial charge in [0.25, 0.3) is 0 Å². The predicted octanol–water partition coefficient (Wildman–Crippen LogP) is 7.41. The minimum atomic E-state index is -1.71. The number of hydrogen-bond acceptors (Lipinski definition) is 0. The molecular formula is C26H32Si. The molecule has 4 rings (SSSR count). The van der Waals surface area contributed by atoms with Crippen LogP contribution in [0.1, 0.15) is 69.4 Å². The van der Waals surface area contributed by atoms with Gasteiger partial charge in [-0.2, -0.15) is 0 Å². The monoisotopic (exact) mass is 372 g/mol. The van der Waals surface area contributed by atoms with Gasteiger partial charge in [-0.25, -0.2) is 0 Å². The summed E-state index contributed by atoms with van der Waals surface area (Å²) in [5.74, 6) is 0. The Morgan fingerprint density at radius 1 is 0.556 bits per heavy atom. The van der Waals surface area contributed by atoms with Crippen molar-refractivity contribution in [3.05, 3.63) is 79.9 Å². The lowest BCUT2D eigenvalue weighted by Crippen LogP contribution is -2.42. The molecule has 0 saturated heterocycles. The van der Waals surface area contributed by atoms with Crippen molar-refractivity contribution in [1.29, 1.82) is 0 Å². The predicted molar refractivity (Wildman–Crippen MR) is 122 cm³/mol. The Kier molecular flexibility index (Phi) is 4.16. The molecule has 0 bridgehead atoms. The van der Waals surface area contributed by atoms with E-state index in [1.807, 2.05) is 0 Å². The summed E-state index contributed by atoms with van der Waals surface area (Å²) in [5.41, 5.74) is 16.4. The van der Waals surface area contributed by atoms with Crippen molar-refractivity contribution in [3.63, 3.8) is 0 Å². The molecule has 0 N–H and O–H groups in total. The Balaban J connectivity index is 1.91. The number of benzene rings is 2. The zero-order valence-electron chi connectivity index (χ0n) is 18.1. The molecule has 1 heteroatoms. The molecule has 0 fully saturated rings. The molecule has 2 unspecified atom stereocenters. The lowest BCUT2D eigenvalue weighted by atomic mass is 9.98. The first-order valence-corrected chi connectivity index (χ1v) is 13.4. The summed E-state index contributed by atoms with van der Waals surface area (Å²) in [6, 6.07) is 9.24. The molecule has 2 aliphatic carbocycles. The van der Waals surface area contributed by atoms with Gasteiger partial charge in [-0.3, -0.25) is 0 Å². The second-order valence-corrected chi connectivity index (χ2v) is 14.3. The van der Waals surface area contributed by atoms with Gasteiger partial charge in [0, 0.05) is 11.1 Å². The molecular weight excluding hydrogens is 340 g/mol. The fourth-order valence-electron chi connectivity index (χ4n) is 6.02. The number of aryl methyl sites for hydroxylation is 4. The zero-order valence-corrected chi connectivity index (χ0v) is 19.1. The number of fused-ring (bicyclic) bond motifs is 2. The van der Waals surface area contributed by atoms with Crippen LogP contribution in [0.5, 0.6) is 0 Å². The van der Waals surface area contributed by atoms with Gasteiger partial charge in [-0.05, 0) is 86.1 Å². The van der Waals surface area contributed by atoms with Crippen molar-refractivity contribution < 1.29 is 0 Å². The van der Waals surface area contributed by atoms with E-state index in [1.54, 1.807) is 22.3 Å². The average molecular weight is 373 g/mol. The summed E-state index contributed by atoms with van der Waals surface area (Å²) in [5, 5.41) is 0. The third kappa shape index (κ3) is 2.55. The first-order valence-electron chi connectivity index (χ1n) is 10.2. The molecule has 2 aromatic rings. The van der Waals surface area contributed by atoms with Gasteiger partial charge < -0.3 is 0 Å². The molecule has 0 spiro atoms. The lowest BCUT2D eigenvalue weighted by Gasteiger charge is -2.40. The van der Waals surface area contributed by atoms with E-state index in [-0.39, 0.29) is 0 Å². The highest BCUT2D eigenvalue weighted by molar-refractivity contribution is 6.81. The molecule has 0 aliphatic heterocycles. The van der Waals surface area contributed by atoms with Crippen molar-refractivity contribution in [2.24, 2.45) is 0 Å². The third-order valence-electron chi connectivity index (χ3n) is 7.17. The maximum absolute atomic E-state index is 2.63. The first kappa shape index (κ1) is 18.5. The van der Waals surface area contributed by atoms with Gasteiger partial charge >= 0.3 is 0 Å². The third-order valence-corrected chi connectivity index (χ3v) is 11.6. The van der Waals surface area contributed by atoms with Crippen LogP contribution in [-0.2, 0) is 0 Å². The molecule has 0 nitrogen and oxygen atoms in total. The van der Waals surface area contributed by atoms with Crippen molar-refractivity contribution in [2.75, 3.05) is 0 Å². The normalized spacial score (nSPS) is 21.0. The zero-order chi connectivity index (χ0) is 19.7. The Hall–Kier alpha value is -1.86. The van der Waals surface area contributed by atoms with Crippen molar-refractivity contribution in [1.82, 2.24) is 0 Å². The minimum absolute atomic E-state index is 0.603. The molecule has 0 heterocycles. The van der Waals surface area contributed by atoms with E-state index in [1.165, 1.54) is 33.4 Å². The SMILES string of the molecule is CC1=Cc2c(C)ccc(C)c2C1[Si](C)(C)C1C(C)=Cc2c(C)ccc(C)c21. The Morgan fingerprint density at radius 3 is 1.26 bits per heavy atom. The van der Waals surface area contributed by atoms with Crippen LogP contribution >= 0.6 is 0 Å². The van der Waals surface area contributed by atoms with Gasteiger partial charge in [-0.1, -0.05) is 60.7 Å². The summed E-state index contributed by atoms with van der Waals surface area (Å²) in [7, 11) is -1.71. The van der Waals surface area contributed by atoms with Crippen LogP contribution in [0.15, 0.2) is 35.4 Å². The smallest absolute Gasteiger partial charge is 0.0679 e. The highest BCUT2D eigenvalue weighted by Gasteiger charge is 2.47. The molecule has 27 heavy (non-hydrogen) atoms. The Bertz CT molecular complexity index is 935. The van der Waals surface area contributed by atoms with Crippen LogP contribution in [-0.4, -0.2) is 8.07 Å². The minimum Gasteiger partial charge on any atom is -0.0679 e. The van der Waals surface area contributed by atoms with E-state index in [0.29, 0.717) is 11.1 Å². The van der Waals surface area contributed by atoms with E-state index in [2.05, 4.69) is 91.1 Å². The van der Waals surface area contributed by atoms with Crippen LogP contribution in [0.3, 0.4) is 0 Å². The standard InChI is InChI=1S/C26H32Si/c1-15-9-11-17(3)23-21(15)13-19(5)25(23)27(7,8)26-20(6)14-22-16(2)10-12-18(4)24(22)26/h9-14,25-26H,1-8H3.